The summed E-state index contributed by atoms with van der Waals surface area (Å²) in [5, 5.41) is 0. The first-order valence-corrected chi connectivity index (χ1v) is 6.83. The molecule has 0 aliphatic heterocycles. The van der Waals surface area contributed by atoms with Crippen molar-refractivity contribution in [3.63, 3.8) is 0 Å². The molecule has 0 aliphatic rings. The number of carbonyl (C=O) groups is 1. The Kier molecular flexibility index (Phi) is 4.57. The maximum atomic E-state index is 12.2. The van der Waals surface area contributed by atoms with Crippen molar-refractivity contribution in [2.24, 2.45) is 0 Å². The van der Waals surface area contributed by atoms with E-state index in [4.69, 9.17) is 4.74 Å². The van der Waals surface area contributed by atoms with Crippen LogP contribution in [0.3, 0.4) is 0 Å². The van der Waals surface area contributed by atoms with Crippen LogP contribution in [-0.4, -0.2) is 12.9 Å². The van der Waals surface area contributed by atoms with Gasteiger partial charge in [0.05, 0.1) is 7.11 Å². The van der Waals surface area contributed by atoms with Crippen LogP contribution in [0.1, 0.15) is 33.5 Å². The van der Waals surface area contributed by atoms with E-state index in [2.05, 4.69) is 32.0 Å². The van der Waals surface area contributed by atoms with Crippen molar-refractivity contribution in [3.8, 4) is 5.75 Å². The molecule has 2 nitrogen and oxygen atoms in total. The van der Waals surface area contributed by atoms with Gasteiger partial charge in [0.2, 0.25) is 0 Å². The number of ketones is 1. The standard InChI is InChI=1S/C18H20O2/c1-13-7-8-15(11-14(13)2)9-10-18(19)16-5-4-6-17(12-16)20-3/h4-8,11-12H,9-10H2,1-3H3. The van der Waals surface area contributed by atoms with Gasteiger partial charge >= 0.3 is 0 Å². The van der Waals surface area contributed by atoms with Gasteiger partial charge in [0.25, 0.3) is 0 Å². The number of rotatable bonds is 5. The van der Waals surface area contributed by atoms with E-state index in [1.807, 2.05) is 18.2 Å². The number of methoxy groups -OCH3 is 1. The van der Waals surface area contributed by atoms with Crippen molar-refractivity contribution in [1.29, 1.82) is 0 Å². The molecule has 20 heavy (non-hydrogen) atoms. The van der Waals surface area contributed by atoms with Gasteiger partial charge in [0, 0.05) is 12.0 Å². The van der Waals surface area contributed by atoms with E-state index >= 15 is 0 Å². The molecule has 0 fully saturated rings. The zero-order chi connectivity index (χ0) is 14.5. The monoisotopic (exact) mass is 268 g/mol. The van der Waals surface area contributed by atoms with Gasteiger partial charge in [-0.15, -0.1) is 0 Å². The molecule has 2 heteroatoms. The normalized spacial score (nSPS) is 10.3. The van der Waals surface area contributed by atoms with Gasteiger partial charge in [-0.1, -0.05) is 30.3 Å². The predicted molar refractivity (Wildman–Crippen MR) is 81.6 cm³/mol. The molecule has 0 saturated carbocycles. The second-order valence-corrected chi connectivity index (χ2v) is 5.07. The van der Waals surface area contributed by atoms with E-state index < -0.39 is 0 Å². The maximum absolute atomic E-state index is 12.2. The highest BCUT2D eigenvalue weighted by molar-refractivity contribution is 5.96. The first-order valence-electron chi connectivity index (χ1n) is 6.83. The Morgan fingerprint density at radius 2 is 1.85 bits per heavy atom. The summed E-state index contributed by atoms with van der Waals surface area (Å²) in [7, 11) is 1.61. The average Bonchev–Trinajstić information content (AvgIpc) is 2.48. The van der Waals surface area contributed by atoms with Crippen LogP contribution < -0.4 is 4.74 Å². The van der Waals surface area contributed by atoms with Gasteiger partial charge in [-0.05, 0) is 49.1 Å². The Labute approximate surface area is 120 Å². The lowest BCUT2D eigenvalue weighted by atomic mass is 10.00. The summed E-state index contributed by atoms with van der Waals surface area (Å²) in [4.78, 5) is 12.2. The van der Waals surface area contributed by atoms with E-state index in [0.29, 0.717) is 12.0 Å². The maximum Gasteiger partial charge on any atom is 0.163 e. The van der Waals surface area contributed by atoms with E-state index in [9.17, 15) is 4.79 Å². The summed E-state index contributed by atoms with van der Waals surface area (Å²) in [6.07, 6.45) is 1.30. The molecule has 0 bridgehead atoms. The summed E-state index contributed by atoms with van der Waals surface area (Å²) in [6, 6.07) is 13.7. The second kappa shape index (κ2) is 6.38. The summed E-state index contributed by atoms with van der Waals surface area (Å²) in [5.74, 6) is 0.879. The minimum atomic E-state index is 0.155. The first-order chi connectivity index (χ1) is 9.60. The molecular weight excluding hydrogens is 248 g/mol. The van der Waals surface area contributed by atoms with Gasteiger partial charge in [-0.25, -0.2) is 0 Å². The lowest BCUT2D eigenvalue weighted by Crippen LogP contribution is -2.02. The van der Waals surface area contributed by atoms with Gasteiger partial charge in [-0.2, -0.15) is 0 Å². The summed E-state index contributed by atoms with van der Waals surface area (Å²) < 4.78 is 5.14. The van der Waals surface area contributed by atoms with Crippen LogP contribution >= 0.6 is 0 Å². The quantitative estimate of drug-likeness (QED) is 0.762. The third-order valence-electron chi connectivity index (χ3n) is 3.60. The Morgan fingerprint density at radius 1 is 1.05 bits per heavy atom. The van der Waals surface area contributed by atoms with Gasteiger partial charge < -0.3 is 4.74 Å². The van der Waals surface area contributed by atoms with Crippen molar-refractivity contribution in [3.05, 3.63) is 64.7 Å². The van der Waals surface area contributed by atoms with Crippen LogP contribution in [0, 0.1) is 13.8 Å². The Balaban J connectivity index is 2.02. The number of carbonyl (C=O) groups excluding carboxylic acids is 1. The molecular formula is C18H20O2. The van der Waals surface area contributed by atoms with Gasteiger partial charge in [-0.3, -0.25) is 4.79 Å². The largest absolute Gasteiger partial charge is 0.497 e. The molecule has 0 amide bonds. The molecule has 2 rings (SSSR count). The zero-order valence-electron chi connectivity index (χ0n) is 12.3. The number of ether oxygens (including phenoxy) is 1. The number of Topliss-reactive ketones (excluding diaryl/α,β-unsaturated/α-hetero) is 1. The predicted octanol–water partition coefficient (Wildman–Crippen LogP) is 4.13. The first kappa shape index (κ1) is 14.3. The lowest BCUT2D eigenvalue weighted by molar-refractivity contribution is 0.0982. The highest BCUT2D eigenvalue weighted by Crippen LogP contribution is 2.16. The van der Waals surface area contributed by atoms with Crippen LogP contribution in [-0.2, 0) is 6.42 Å². The smallest absolute Gasteiger partial charge is 0.163 e. The lowest BCUT2D eigenvalue weighted by Gasteiger charge is -2.06. The molecule has 104 valence electrons. The van der Waals surface area contributed by atoms with Crippen LogP contribution in [0.2, 0.25) is 0 Å². The van der Waals surface area contributed by atoms with Crippen LogP contribution in [0.15, 0.2) is 42.5 Å². The Morgan fingerprint density at radius 3 is 2.55 bits per heavy atom. The van der Waals surface area contributed by atoms with Crippen molar-refractivity contribution in [2.45, 2.75) is 26.7 Å². The van der Waals surface area contributed by atoms with Crippen molar-refractivity contribution >= 4 is 5.78 Å². The second-order valence-electron chi connectivity index (χ2n) is 5.07. The van der Waals surface area contributed by atoms with Crippen LogP contribution in [0.4, 0.5) is 0 Å². The molecule has 0 aliphatic carbocycles. The molecule has 0 atom stereocenters. The topological polar surface area (TPSA) is 26.3 Å². The SMILES string of the molecule is COc1cccc(C(=O)CCc2ccc(C)c(C)c2)c1. The summed E-state index contributed by atoms with van der Waals surface area (Å²) in [5.41, 5.74) is 4.49. The van der Waals surface area contributed by atoms with Gasteiger partial charge in [0.15, 0.2) is 5.78 Å². The molecule has 2 aromatic rings. The molecule has 0 N–H and O–H groups in total. The molecule has 0 radical (unpaired) electrons. The highest BCUT2D eigenvalue weighted by Gasteiger charge is 2.07. The van der Waals surface area contributed by atoms with Crippen molar-refractivity contribution in [2.75, 3.05) is 7.11 Å². The third kappa shape index (κ3) is 3.47. The van der Waals surface area contributed by atoms with Crippen LogP contribution in [0.5, 0.6) is 5.75 Å². The molecule has 2 aromatic carbocycles. The molecule has 0 heterocycles. The summed E-state index contributed by atoms with van der Waals surface area (Å²) >= 11 is 0. The van der Waals surface area contributed by atoms with E-state index in [1.165, 1.54) is 16.7 Å². The minimum Gasteiger partial charge on any atom is -0.497 e. The third-order valence-corrected chi connectivity index (χ3v) is 3.60. The number of hydrogen-bond donors (Lipinski definition) is 0. The Hall–Kier alpha value is -2.09. The molecule has 0 aromatic heterocycles. The number of aryl methyl sites for hydroxylation is 3. The average molecular weight is 268 g/mol. The molecule has 0 saturated heterocycles. The Bertz CT molecular complexity index is 615. The fourth-order valence-corrected chi connectivity index (χ4v) is 2.16. The fraction of sp³-hybridized carbons (Fsp3) is 0.278. The van der Waals surface area contributed by atoms with E-state index in [-0.39, 0.29) is 5.78 Å². The minimum absolute atomic E-state index is 0.155. The molecule has 0 unspecified atom stereocenters. The van der Waals surface area contributed by atoms with Crippen molar-refractivity contribution in [1.82, 2.24) is 0 Å². The summed E-state index contributed by atoms with van der Waals surface area (Å²) in [6.45, 7) is 4.20. The fourth-order valence-electron chi connectivity index (χ4n) is 2.16. The zero-order valence-corrected chi connectivity index (χ0v) is 12.3. The number of hydrogen-bond acceptors (Lipinski definition) is 2. The van der Waals surface area contributed by atoms with E-state index in [1.54, 1.807) is 13.2 Å². The van der Waals surface area contributed by atoms with Gasteiger partial charge in [0.1, 0.15) is 5.75 Å². The van der Waals surface area contributed by atoms with E-state index in [0.717, 1.165) is 12.2 Å². The highest BCUT2D eigenvalue weighted by atomic mass is 16.5. The molecule has 0 spiro atoms. The van der Waals surface area contributed by atoms with Crippen LogP contribution in [0.25, 0.3) is 0 Å². The van der Waals surface area contributed by atoms with Crippen molar-refractivity contribution < 1.29 is 9.53 Å². The number of benzene rings is 2.